The third kappa shape index (κ3) is 5.14. The molecule has 0 atom stereocenters. The third-order valence-electron chi connectivity index (χ3n) is 4.33. The molecule has 0 spiro atoms. The van der Waals surface area contributed by atoms with Crippen LogP contribution in [0.25, 0.3) is 0 Å². The van der Waals surface area contributed by atoms with Crippen molar-refractivity contribution in [3.8, 4) is 0 Å². The summed E-state index contributed by atoms with van der Waals surface area (Å²) in [6.45, 7) is 4.05. The van der Waals surface area contributed by atoms with Crippen LogP contribution in [-0.4, -0.2) is 48.9 Å². The lowest BCUT2D eigenvalue weighted by atomic mass is 9.94. The number of likely N-dealkylation sites (N-methyl/N-ethyl adjacent to an activating group) is 1. The molecule has 4 heteroatoms. The van der Waals surface area contributed by atoms with Crippen molar-refractivity contribution in [3.05, 3.63) is 35.9 Å². The van der Waals surface area contributed by atoms with E-state index in [-0.39, 0.29) is 5.91 Å². The van der Waals surface area contributed by atoms with Crippen LogP contribution >= 0.6 is 0 Å². The van der Waals surface area contributed by atoms with Gasteiger partial charge in [-0.2, -0.15) is 0 Å². The number of hydrogen-bond donors (Lipinski definition) is 1. The van der Waals surface area contributed by atoms with Crippen molar-refractivity contribution in [1.29, 1.82) is 0 Å². The van der Waals surface area contributed by atoms with E-state index in [1.807, 2.05) is 30.1 Å². The minimum absolute atomic E-state index is 0.205. The number of carbonyl (C=O) groups excluding carboxylic acids is 1. The van der Waals surface area contributed by atoms with Crippen LogP contribution < -0.4 is 5.73 Å². The molecule has 1 aromatic carbocycles. The molecule has 1 fully saturated rings. The van der Waals surface area contributed by atoms with Crippen molar-refractivity contribution in [2.24, 2.45) is 11.7 Å². The fourth-order valence-electron chi connectivity index (χ4n) is 2.93. The van der Waals surface area contributed by atoms with E-state index in [0.29, 0.717) is 13.1 Å². The molecule has 0 aromatic heterocycles. The lowest BCUT2D eigenvalue weighted by molar-refractivity contribution is -0.132. The highest BCUT2D eigenvalue weighted by Gasteiger charge is 2.21. The fourth-order valence-corrected chi connectivity index (χ4v) is 2.93. The first-order valence-corrected chi connectivity index (χ1v) is 7.89. The molecule has 2 rings (SSSR count). The van der Waals surface area contributed by atoms with Gasteiger partial charge in [-0.05, 0) is 50.4 Å². The van der Waals surface area contributed by atoms with E-state index < -0.39 is 0 Å². The van der Waals surface area contributed by atoms with Crippen LogP contribution in [0.15, 0.2) is 30.3 Å². The topological polar surface area (TPSA) is 49.6 Å². The van der Waals surface area contributed by atoms with E-state index in [4.69, 9.17) is 5.73 Å². The van der Waals surface area contributed by atoms with Crippen LogP contribution in [0.1, 0.15) is 24.8 Å². The van der Waals surface area contributed by atoms with E-state index in [1.165, 1.54) is 18.4 Å². The lowest BCUT2D eigenvalue weighted by Crippen LogP contribution is -2.42. The maximum Gasteiger partial charge on any atom is 0.236 e. The summed E-state index contributed by atoms with van der Waals surface area (Å²) in [6, 6.07) is 10.1. The standard InChI is InChI=1S/C17H27N3O/c1-19(13-16-5-3-2-4-6-16)17(21)14-20-11-8-15(7-10-18)9-12-20/h2-6,15H,7-14,18H2,1H3. The molecule has 1 amide bonds. The quantitative estimate of drug-likeness (QED) is 0.867. The summed E-state index contributed by atoms with van der Waals surface area (Å²) in [5.74, 6) is 0.958. The highest BCUT2D eigenvalue weighted by atomic mass is 16.2. The molecule has 2 N–H and O–H groups in total. The summed E-state index contributed by atoms with van der Waals surface area (Å²) in [6.07, 6.45) is 3.47. The Kier molecular flexibility index (Phi) is 6.21. The van der Waals surface area contributed by atoms with Gasteiger partial charge in [0, 0.05) is 13.6 Å². The molecule has 0 unspecified atom stereocenters. The molecule has 1 heterocycles. The minimum Gasteiger partial charge on any atom is -0.340 e. The van der Waals surface area contributed by atoms with E-state index in [0.717, 1.165) is 32.0 Å². The van der Waals surface area contributed by atoms with Gasteiger partial charge in [0.2, 0.25) is 5.91 Å². The summed E-state index contributed by atoms with van der Waals surface area (Å²) in [5.41, 5.74) is 6.79. The number of benzene rings is 1. The number of amides is 1. The minimum atomic E-state index is 0.205. The van der Waals surface area contributed by atoms with Gasteiger partial charge < -0.3 is 10.6 Å². The Morgan fingerprint density at radius 1 is 1.29 bits per heavy atom. The van der Waals surface area contributed by atoms with Crippen molar-refractivity contribution < 1.29 is 4.79 Å². The molecule has 0 radical (unpaired) electrons. The van der Waals surface area contributed by atoms with Crippen molar-refractivity contribution in [1.82, 2.24) is 9.80 Å². The summed E-state index contributed by atoms with van der Waals surface area (Å²) in [4.78, 5) is 16.4. The van der Waals surface area contributed by atoms with Gasteiger partial charge in [-0.1, -0.05) is 30.3 Å². The molecule has 1 aliphatic heterocycles. The number of likely N-dealkylation sites (tertiary alicyclic amines) is 1. The zero-order chi connectivity index (χ0) is 15.1. The SMILES string of the molecule is CN(Cc1ccccc1)C(=O)CN1CCC(CCN)CC1. The van der Waals surface area contributed by atoms with Crippen LogP contribution in [0, 0.1) is 5.92 Å². The predicted octanol–water partition coefficient (Wildman–Crippen LogP) is 1.71. The summed E-state index contributed by atoms with van der Waals surface area (Å²) >= 11 is 0. The summed E-state index contributed by atoms with van der Waals surface area (Å²) < 4.78 is 0. The maximum absolute atomic E-state index is 12.3. The number of carbonyl (C=O) groups is 1. The summed E-state index contributed by atoms with van der Waals surface area (Å²) in [7, 11) is 1.89. The zero-order valence-corrected chi connectivity index (χ0v) is 13.0. The number of nitrogens with zero attached hydrogens (tertiary/aromatic N) is 2. The van der Waals surface area contributed by atoms with Crippen molar-refractivity contribution in [2.45, 2.75) is 25.8 Å². The van der Waals surface area contributed by atoms with Crippen LogP contribution in [0.3, 0.4) is 0 Å². The highest BCUT2D eigenvalue weighted by Crippen LogP contribution is 2.19. The Morgan fingerprint density at radius 2 is 1.95 bits per heavy atom. The Hall–Kier alpha value is -1.39. The molecule has 0 aliphatic carbocycles. The monoisotopic (exact) mass is 289 g/mol. The molecule has 1 aliphatic rings. The molecule has 21 heavy (non-hydrogen) atoms. The van der Waals surface area contributed by atoms with Gasteiger partial charge in [-0.15, -0.1) is 0 Å². The van der Waals surface area contributed by atoms with Gasteiger partial charge >= 0.3 is 0 Å². The molecular formula is C17H27N3O. The Labute approximate surface area is 127 Å². The van der Waals surface area contributed by atoms with Crippen LogP contribution in [0.5, 0.6) is 0 Å². The predicted molar refractivity (Wildman–Crippen MR) is 85.8 cm³/mol. The van der Waals surface area contributed by atoms with Gasteiger partial charge in [0.05, 0.1) is 6.54 Å². The number of piperidine rings is 1. The first-order chi connectivity index (χ1) is 10.2. The Bertz CT molecular complexity index is 427. The van der Waals surface area contributed by atoms with Crippen LogP contribution in [0.2, 0.25) is 0 Å². The Morgan fingerprint density at radius 3 is 2.57 bits per heavy atom. The third-order valence-corrected chi connectivity index (χ3v) is 4.33. The molecular weight excluding hydrogens is 262 g/mol. The Balaban J connectivity index is 1.74. The fraction of sp³-hybridized carbons (Fsp3) is 0.588. The number of nitrogens with two attached hydrogens (primary N) is 1. The van der Waals surface area contributed by atoms with E-state index in [9.17, 15) is 4.79 Å². The van der Waals surface area contributed by atoms with Crippen LogP contribution in [-0.2, 0) is 11.3 Å². The molecule has 1 aromatic rings. The first-order valence-electron chi connectivity index (χ1n) is 7.89. The molecule has 0 bridgehead atoms. The average molecular weight is 289 g/mol. The van der Waals surface area contributed by atoms with Crippen molar-refractivity contribution in [3.63, 3.8) is 0 Å². The van der Waals surface area contributed by atoms with Gasteiger partial charge in [0.25, 0.3) is 0 Å². The van der Waals surface area contributed by atoms with Crippen molar-refractivity contribution in [2.75, 3.05) is 33.2 Å². The highest BCUT2D eigenvalue weighted by molar-refractivity contribution is 5.78. The van der Waals surface area contributed by atoms with E-state index in [1.54, 1.807) is 0 Å². The average Bonchev–Trinajstić information content (AvgIpc) is 2.50. The summed E-state index contributed by atoms with van der Waals surface area (Å²) in [5, 5.41) is 0. The van der Waals surface area contributed by atoms with E-state index >= 15 is 0 Å². The van der Waals surface area contributed by atoms with Gasteiger partial charge in [-0.25, -0.2) is 0 Å². The van der Waals surface area contributed by atoms with Gasteiger partial charge in [0.1, 0.15) is 0 Å². The maximum atomic E-state index is 12.3. The first kappa shape index (κ1) is 16.0. The second-order valence-electron chi connectivity index (χ2n) is 6.03. The second kappa shape index (κ2) is 8.15. The number of hydrogen-bond acceptors (Lipinski definition) is 3. The van der Waals surface area contributed by atoms with E-state index in [2.05, 4.69) is 17.0 Å². The van der Waals surface area contributed by atoms with Gasteiger partial charge in [0.15, 0.2) is 0 Å². The second-order valence-corrected chi connectivity index (χ2v) is 6.03. The largest absolute Gasteiger partial charge is 0.340 e. The smallest absolute Gasteiger partial charge is 0.236 e. The molecule has 0 saturated carbocycles. The zero-order valence-electron chi connectivity index (χ0n) is 13.0. The van der Waals surface area contributed by atoms with Gasteiger partial charge in [-0.3, -0.25) is 9.69 Å². The molecule has 4 nitrogen and oxygen atoms in total. The lowest BCUT2D eigenvalue weighted by Gasteiger charge is -2.32. The van der Waals surface area contributed by atoms with Crippen molar-refractivity contribution >= 4 is 5.91 Å². The van der Waals surface area contributed by atoms with Crippen LogP contribution in [0.4, 0.5) is 0 Å². The normalized spacial score (nSPS) is 16.9. The molecule has 116 valence electrons. The number of rotatable bonds is 6. The molecule has 1 saturated heterocycles.